The first kappa shape index (κ1) is 20.9. The summed E-state index contributed by atoms with van der Waals surface area (Å²) in [6.07, 6.45) is 0. The number of nitrogens with one attached hydrogen (secondary N) is 1. The Hall–Kier alpha value is -1.78. The molecule has 1 aromatic heterocycles. The number of hydrogen-bond donors (Lipinski definition) is 1. The monoisotopic (exact) mass is 423 g/mol. The van der Waals surface area contributed by atoms with E-state index in [2.05, 4.69) is 5.32 Å². The molecule has 3 rings (SSSR count). The van der Waals surface area contributed by atoms with Crippen LogP contribution in [0.15, 0.2) is 46.7 Å². The molecule has 1 atom stereocenters. The molecule has 2 aromatic rings. The summed E-state index contributed by atoms with van der Waals surface area (Å²) in [6, 6.07) is 10.1. The molecule has 0 unspecified atom stereocenters. The number of rotatable bonds is 7. The molecule has 0 radical (unpaired) electrons. The van der Waals surface area contributed by atoms with Gasteiger partial charge >= 0.3 is 0 Å². The molecule has 1 aliphatic rings. The third-order valence-corrected chi connectivity index (χ3v) is 7.49. The van der Waals surface area contributed by atoms with Crippen molar-refractivity contribution >= 4 is 33.0 Å². The zero-order valence-electron chi connectivity index (χ0n) is 16.0. The Morgan fingerprint density at radius 3 is 2.71 bits per heavy atom. The minimum absolute atomic E-state index is 0.173. The van der Waals surface area contributed by atoms with Crippen LogP contribution in [0.3, 0.4) is 0 Å². The van der Waals surface area contributed by atoms with Gasteiger partial charge in [-0.3, -0.25) is 9.69 Å². The van der Waals surface area contributed by atoms with Crippen molar-refractivity contribution in [3.8, 4) is 0 Å². The zero-order chi connectivity index (χ0) is 20.1. The fourth-order valence-electron chi connectivity index (χ4n) is 2.90. The van der Waals surface area contributed by atoms with Crippen LogP contribution in [0.25, 0.3) is 0 Å². The summed E-state index contributed by atoms with van der Waals surface area (Å²) in [4.78, 5) is 15.9. The number of nitrogens with zero attached hydrogens (tertiary/aromatic N) is 2. The van der Waals surface area contributed by atoms with Gasteiger partial charge in [-0.2, -0.15) is 4.31 Å². The van der Waals surface area contributed by atoms with Gasteiger partial charge in [0.25, 0.3) is 0 Å². The van der Waals surface area contributed by atoms with Gasteiger partial charge in [0.1, 0.15) is 0 Å². The molecule has 2 heterocycles. The molecule has 0 bridgehead atoms. The van der Waals surface area contributed by atoms with Crippen molar-refractivity contribution in [2.75, 3.05) is 38.7 Å². The first-order valence-electron chi connectivity index (χ1n) is 9.09. The maximum Gasteiger partial charge on any atom is 0.243 e. The van der Waals surface area contributed by atoms with Gasteiger partial charge in [-0.05, 0) is 43.6 Å². The Morgan fingerprint density at radius 2 is 2.04 bits per heavy atom. The predicted molar refractivity (Wildman–Crippen MR) is 110 cm³/mol. The molecule has 1 amide bonds. The number of carbonyl (C=O) groups excluding carboxylic acids is 1. The highest BCUT2D eigenvalue weighted by atomic mass is 32.2. The fourth-order valence-corrected chi connectivity index (χ4v) is 5.12. The molecule has 1 aromatic carbocycles. The Balaban J connectivity index is 1.67. The lowest BCUT2D eigenvalue weighted by Gasteiger charge is -2.26. The van der Waals surface area contributed by atoms with Crippen LogP contribution in [-0.4, -0.2) is 62.9 Å². The maximum atomic E-state index is 12.8. The molecular formula is C19H25N3O4S2. The minimum atomic E-state index is -3.60. The van der Waals surface area contributed by atoms with E-state index >= 15 is 0 Å². The smallest absolute Gasteiger partial charge is 0.243 e. The van der Waals surface area contributed by atoms with E-state index in [1.54, 1.807) is 29.5 Å². The van der Waals surface area contributed by atoms with E-state index in [1.807, 2.05) is 36.4 Å². The lowest BCUT2D eigenvalue weighted by Crippen LogP contribution is -2.40. The summed E-state index contributed by atoms with van der Waals surface area (Å²) in [5, 5.41) is 4.84. The van der Waals surface area contributed by atoms with Crippen LogP contribution in [-0.2, 0) is 26.1 Å². The second kappa shape index (κ2) is 9.15. The van der Waals surface area contributed by atoms with Crippen LogP contribution >= 0.6 is 11.3 Å². The van der Waals surface area contributed by atoms with E-state index < -0.39 is 10.0 Å². The van der Waals surface area contributed by atoms with E-state index in [0.29, 0.717) is 38.5 Å². The number of benzene rings is 1. The number of carbonyl (C=O) groups is 1. The normalized spacial score (nSPS) is 16.8. The van der Waals surface area contributed by atoms with Gasteiger partial charge in [0.2, 0.25) is 15.9 Å². The van der Waals surface area contributed by atoms with Crippen molar-refractivity contribution in [2.24, 2.45) is 0 Å². The van der Waals surface area contributed by atoms with Crippen molar-refractivity contribution in [3.63, 3.8) is 0 Å². The summed E-state index contributed by atoms with van der Waals surface area (Å²) in [5.41, 5.74) is 0.468. The molecule has 1 fully saturated rings. The van der Waals surface area contributed by atoms with E-state index in [-0.39, 0.29) is 16.8 Å². The molecule has 0 aliphatic carbocycles. The second-order valence-corrected chi connectivity index (χ2v) is 9.67. The van der Waals surface area contributed by atoms with Gasteiger partial charge in [0.15, 0.2) is 0 Å². The molecule has 9 heteroatoms. The maximum absolute atomic E-state index is 12.8. The van der Waals surface area contributed by atoms with E-state index in [1.165, 1.54) is 15.2 Å². The van der Waals surface area contributed by atoms with E-state index in [0.717, 1.165) is 0 Å². The van der Waals surface area contributed by atoms with Gasteiger partial charge in [-0.25, -0.2) is 8.42 Å². The third-order valence-electron chi connectivity index (χ3n) is 4.74. The van der Waals surface area contributed by atoms with E-state index in [4.69, 9.17) is 4.74 Å². The number of thiophene rings is 1. The van der Waals surface area contributed by atoms with Crippen molar-refractivity contribution in [1.82, 2.24) is 9.21 Å². The molecule has 0 spiro atoms. The third kappa shape index (κ3) is 4.98. The minimum Gasteiger partial charge on any atom is -0.379 e. The molecule has 152 valence electrons. The lowest BCUT2D eigenvalue weighted by molar-refractivity contribution is -0.120. The van der Waals surface area contributed by atoms with Crippen LogP contribution in [0.4, 0.5) is 5.69 Å². The van der Waals surface area contributed by atoms with Crippen LogP contribution < -0.4 is 5.32 Å². The standard InChI is InChI=1S/C19H25N3O4S2/c1-15(21(2)14-17-6-4-12-27-17)19(23)20-16-5-3-7-18(13-16)28(24,25)22-8-10-26-11-9-22/h3-7,12-13,15H,8-11,14H2,1-2H3,(H,20,23)/t15-/m0/s1. The Bertz CT molecular complexity index is 894. The summed E-state index contributed by atoms with van der Waals surface area (Å²) >= 11 is 1.65. The number of likely N-dealkylation sites (N-methyl/N-ethyl adjacent to an activating group) is 1. The fraction of sp³-hybridized carbons (Fsp3) is 0.421. The van der Waals surface area contributed by atoms with Crippen LogP contribution in [0.5, 0.6) is 0 Å². The Labute approximate surface area is 170 Å². The molecule has 1 N–H and O–H groups in total. The largest absolute Gasteiger partial charge is 0.379 e. The average Bonchev–Trinajstić information content (AvgIpc) is 3.21. The molecule has 28 heavy (non-hydrogen) atoms. The van der Waals surface area contributed by atoms with Gasteiger partial charge < -0.3 is 10.1 Å². The van der Waals surface area contributed by atoms with Crippen LogP contribution in [0, 0.1) is 0 Å². The SMILES string of the molecule is C[C@@H](C(=O)Nc1cccc(S(=O)(=O)N2CCOCC2)c1)N(C)Cc1cccs1. The summed E-state index contributed by atoms with van der Waals surface area (Å²) in [6.45, 7) is 3.97. The van der Waals surface area contributed by atoms with Crippen molar-refractivity contribution in [3.05, 3.63) is 46.7 Å². The molecule has 7 nitrogen and oxygen atoms in total. The average molecular weight is 424 g/mol. The Morgan fingerprint density at radius 1 is 1.29 bits per heavy atom. The molecule has 1 aliphatic heterocycles. The number of morpholine rings is 1. The summed E-state index contributed by atoms with van der Waals surface area (Å²) in [7, 11) is -1.71. The van der Waals surface area contributed by atoms with Gasteiger partial charge in [-0.15, -0.1) is 11.3 Å². The molecule has 1 saturated heterocycles. The number of hydrogen-bond acceptors (Lipinski definition) is 6. The number of amides is 1. The van der Waals surface area contributed by atoms with Crippen LogP contribution in [0.1, 0.15) is 11.8 Å². The number of sulfonamides is 1. The summed E-state index contributed by atoms with van der Waals surface area (Å²) < 4.78 is 32.2. The van der Waals surface area contributed by atoms with Crippen molar-refractivity contribution < 1.29 is 17.9 Å². The van der Waals surface area contributed by atoms with E-state index in [9.17, 15) is 13.2 Å². The number of ether oxygens (including phenoxy) is 1. The topological polar surface area (TPSA) is 79.0 Å². The molecule has 0 saturated carbocycles. The molecular weight excluding hydrogens is 398 g/mol. The number of anilines is 1. The first-order valence-corrected chi connectivity index (χ1v) is 11.4. The van der Waals surface area contributed by atoms with Crippen molar-refractivity contribution in [2.45, 2.75) is 24.4 Å². The van der Waals surface area contributed by atoms with Gasteiger partial charge in [0, 0.05) is 30.2 Å². The lowest BCUT2D eigenvalue weighted by atomic mass is 10.2. The highest BCUT2D eigenvalue weighted by Gasteiger charge is 2.27. The highest BCUT2D eigenvalue weighted by Crippen LogP contribution is 2.21. The quantitative estimate of drug-likeness (QED) is 0.739. The zero-order valence-corrected chi connectivity index (χ0v) is 17.6. The van der Waals surface area contributed by atoms with Gasteiger partial charge in [-0.1, -0.05) is 12.1 Å². The van der Waals surface area contributed by atoms with Crippen molar-refractivity contribution in [1.29, 1.82) is 0 Å². The highest BCUT2D eigenvalue weighted by molar-refractivity contribution is 7.89. The van der Waals surface area contributed by atoms with Crippen LogP contribution in [0.2, 0.25) is 0 Å². The first-order chi connectivity index (χ1) is 13.4. The van der Waals surface area contributed by atoms with Gasteiger partial charge in [0.05, 0.1) is 24.2 Å². The summed E-state index contributed by atoms with van der Waals surface area (Å²) in [5.74, 6) is -0.181. The Kier molecular flexibility index (Phi) is 6.84. The predicted octanol–water partition coefficient (Wildman–Crippen LogP) is 2.23. The second-order valence-electron chi connectivity index (χ2n) is 6.70.